The number of hydrogen-bond donors (Lipinski definition) is 1. The number of rotatable bonds is 5. The summed E-state index contributed by atoms with van der Waals surface area (Å²) in [5.41, 5.74) is 2.61. The summed E-state index contributed by atoms with van der Waals surface area (Å²) in [6.07, 6.45) is 2.41. The Morgan fingerprint density at radius 3 is 2.31 bits per heavy atom. The van der Waals surface area contributed by atoms with Gasteiger partial charge in [-0.3, -0.25) is 4.72 Å². The summed E-state index contributed by atoms with van der Waals surface area (Å²) in [6, 6.07) is 15.3. The smallest absolute Gasteiger partial charge is 0.263 e. The predicted octanol–water partition coefficient (Wildman–Crippen LogP) is 5.42. The molecule has 0 saturated heterocycles. The highest BCUT2D eigenvalue weighted by Gasteiger charge is 2.15. The molecule has 0 aliphatic carbocycles. The van der Waals surface area contributed by atoms with Crippen molar-refractivity contribution in [1.29, 1.82) is 0 Å². The van der Waals surface area contributed by atoms with Crippen LogP contribution in [0.5, 0.6) is 0 Å². The van der Waals surface area contributed by atoms with Gasteiger partial charge in [-0.25, -0.2) is 13.4 Å². The quantitative estimate of drug-likeness (QED) is 0.615. The van der Waals surface area contributed by atoms with Crippen LogP contribution in [0.25, 0.3) is 11.1 Å². The van der Waals surface area contributed by atoms with Crippen LogP contribution in [0.2, 0.25) is 10.0 Å². The van der Waals surface area contributed by atoms with Gasteiger partial charge in [0, 0.05) is 27.4 Å². The van der Waals surface area contributed by atoms with Crippen molar-refractivity contribution in [2.75, 3.05) is 4.72 Å². The van der Waals surface area contributed by atoms with E-state index in [0.29, 0.717) is 10.0 Å². The molecule has 1 heterocycles. The van der Waals surface area contributed by atoms with Crippen molar-refractivity contribution >= 4 is 39.0 Å². The maximum Gasteiger partial charge on any atom is 0.263 e. The van der Waals surface area contributed by atoms with Crippen molar-refractivity contribution in [3.05, 3.63) is 76.4 Å². The first-order chi connectivity index (χ1) is 12.4. The molecule has 0 bridgehead atoms. The van der Waals surface area contributed by atoms with Gasteiger partial charge < -0.3 is 0 Å². The molecular weight excluding hydrogens is 391 g/mol. The minimum absolute atomic E-state index is 0.196. The molecule has 1 aromatic heterocycles. The summed E-state index contributed by atoms with van der Waals surface area (Å²) in [7, 11) is -3.69. The van der Waals surface area contributed by atoms with E-state index in [-0.39, 0.29) is 10.7 Å². The Morgan fingerprint density at radius 2 is 1.73 bits per heavy atom. The molecule has 3 aromatic rings. The van der Waals surface area contributed by atoms with Gasteiger partial charge in [0.2, 0.25) is 0 Å². The van der Waals surface area contributed by atoms with E-state index in [2.05, 4.69) is 9.71 Å². The molecule has 0 amide bonds. The van der Waals surface area contributed by atoms with Gasteiger partial charge in [-0.05, 0) is 48.4 Å². The van der Waals surface area contributed by atoms with Crippen LogP contribution in [0.1, 0.15) is 12.5 Å². The van der Waals surface area contributed by atoms with Gasteiger partial charge in [0.15, 0.2) is 0 Å². The minimum atomic E-state index is -3.69. The van der Waals surface area contributed by atoms with Gasteiger partial charge in [-0.15, -0.1) is 0 Å². The maximum absolute atomic E-state index is 12.5. The zero-order chi connectivity index (χ0) is 18.7. The van der Waals surface area contributed by atoms with Crippen molar-refractivity contribution in [2.45, 2.75) is 18.2 Å². The van der Waals surface area contributed by atoms with E-state index in [1.165, 1.54) is 0 Å². The highest BCUT2D eigenvalue weighted by Crippen LogP contribution is 2.30. The lowest BCUT2D eigenvalue weighted by molar-refractivity contribution is 0.601. The largest absolute Gasteiger partial charge is 0.263 e. The van der Waals surface area contributed by atoms with Crippen LogP contribution in [-0.2, 0) is 16.4 Å². The van der Waals surface area contributed by atoms with E-state index in [4.69, 9.17) is 23.2 Å². The standard InChI is InChI=1S/C19H16Cl2N2O2S/c1-2-13-3-7-16(8-4-13)26(24,25)23-19-10-5-14(12-22-19)17-9-6-15(20)11-18(17)21/h3-12H,2H2,1H3,(H,22,23). The Labute approximate surface area is 162 Å². The Kier molecular flexibility index (Phi) is 5.51. The Bertz CT molecular complexity index is 1020. The lowest BCUT2D eigenvalue weighted by atomic mass is 10.1. The van der Waals surface area contributed by atoms with Gasteiger partial charge in [0.25, 0.3) is 10.0 Å². The first kappa shape index (κ1) is 18.7. The SMILES string of the molecule is CCc1ccc(S(=O)(=O)Nc2ccc(-c3ccc(Cl)cc3Cl)cn2)cc1. The van der Waals surface area contributed by atoms with Gasteiger partial charge in [-0.2, -0.15) is 0 Å². The molecule has 3 rings (SSSR count). The fraction of sp³-hybridized carbons (Fsp3) is 0.105. The molecule has 0 saturated carbocycles. The number of halogens is 2. The van der Waals surface area contributed by atoms with Crippen LogP contribution in [0.4, 0.5) is 5.82 Å². The van der Waals surface area contributed by atoms with Crippen molar-refractivity contribution < 1.29 is 8.42 Å². The summed E-state index contributed by atoms with van der Waals surface area (Å²) < 4.78 is 27.4. The highest BCUT2D eigenvalue weighted by molar-refractivity contribution is 7.92. The minimum Gasteiger partial charge on any atom is -0.263 e. The molecule has 0 aliphatic heterocycles. The summed E-state index contributed by atoms with van der Waals surface area (Å²) >= 11 is 12.1. The fourth-order valence-electron chi connectivity index (χ4n) is 2.44. The van der Waals surface area contributed by atoms with Crippen LogP contribution in [-0.4, -0.2) is 13.4 Å². The molecule has 4 nitrogen and oxygen atoms in total. The van der Waals surface area contributed by atoms with Gasteiger partial charge in [0.05, 0.1) is 4.90 Å². The van der Waals surface area contributed by atoms with Crippen molar-refractivity contribution in [1.82, 2.24) is 4.98 Å². The maximum atomic E-state index is 12.5. The van der Waals surface area contributed by atoms with E-state index in [9.17, 15) is 8.42 Å². The molecule has 0 unspecified atom stereocenters. The Morgan fingerprint density at radius 1 is 1.00 bits per heavy atom. The van der Waals surface area contributed by atoms with E-state index in [1.54, 1.807) is 60.8 Å². The topological polar surface area (TPSA) is 59.1 Å². The molecule has 0 aliphatic rings. The van der Waals surface area contributed by atoms with E-state index < -0.39 is 10.0 Å². The van der Waals surface area contributed by atoms with Crippen LogP contribution in [0, 0.1) is 0 Å². The van der Waals surface area contributed by atoms with Crippen LogP contribution < -0.4 is 4.72 Å². The molecule has 7 heteroatoms. The number of aryl methyl sites for hydroxylation is 1. The molecular formula is C19H16Cl2N2O2S. The van der Waals surface area contributed by atoms with Crippen molar-refractivity contribution in [2.24, 2.45) is 0 Å². The second-order valence-corrected chi connectivity index (χ2v) is 8.19. The number of nitrogens with zero attached hydrogens (tertiary/aromatic N) is 1. The highest BCUT2D eigenvalue weighted by atomic mass is 35.5. The molecule has 0 fully saturated rings. The third-order valence-electron chi connectivity index (χ3n) is 3.89. The van der Waals surface area contributed by atoms with Crippen LogP contribution in [0.3, 0.4) is 0 Å². The average Bonchev–Trinajstić information content (AvgIpc) is 2.62. The Balaban J connectivity index is 1.82. The first-order valence-corrected chi connectivity index (χ1v) is 10.2. The zero-order valence-electron chi connectivity index (χ0n) is 13.9. The normalized spacial score (nSPS) is 11.3. The van der Waals surface area contributed by atoms with Crippen molar-refractivity contribution in [3.63, 3.8) is 0 Å². The summed E-state index contributed by atoms with van der Waals surface area (Å²) in [5, 5.41) is 1.05. The number of sulfonamides is 1. The summed E-state index contributed by atoms with van der Waals surface area (Å²) in [5.74, 6) is 0.235. The summed E-state index contributed by atoms with van der Waals surface area (Å²) in [6.45, 7) is 2.01. The third-order valence-corrected chi connectivity index (χ3v) is 5.80. The molecule has 0 spiro atoms. The second-order valence-electron chi connectivity index (χ2n) is 5.66. The Hall–Kier alpha value is -2.08. The monoisotopic (exact) mass is 406 g/mol. The van der Waals surface area contributed by atoms with E-state index in [0.717, 1.165) is 23.1 Å². The van der Waals surface area contributed by atoms with Crippen LogP contribution in [0.15, 0.2) is 65.7 Å². The molecule has 26 heavy (non-hydrogen) atoms. The van der Waals surface area contributed by atoms with Crippen molar-refractivity contribution in [3.8, 4) is 11.1 Å². The number of benzene rings is 2. The van der Waals surface area contributed by atoms with E-state index >= 15 is 0 Å². The molecule has 1 N–H and O–H groups in total. The number of aromatic nitrogens is 1. The molecule has 2 aromatic carbocycles. The van der Waals surface area contributed by atoms with Gasteiger partial charge in [-0.1, -0.05) is 48.3 Å². The fourth-order valence-corrected chi connectivity index (χ4v) is 3.96. The second kappa shape index (κ2) is 7.66. The molecule has 134 valence electrons. The molecule has 0 radical (unpaired) electrons. The summed E-state index contributed by atoms with van der Waals surface area (Å²) in [4.78, 5) is 4.38. The average molecular weight is 407 g/mol. The lowest BCUT2D eigenvalue weighted by Crippen LogP contribution is -2.13. The molecule has 0 atom stereocenters. The van der Waals surface area contributed by atoms with Crippen LogP contribution >= 0.6 is 23.2 Å². The lowest BCUT2D eigenvalue weighted by Gasteiger charge is -2.09. The number of nitrogens with one attached hydrogen (secondary N) is 1. The predicted molar refractivity (Wildman–Crippen MR) is 106 cm³/mol. The number of anilines is 1. The van der Waals surface area contributed by atoms with Gasteiger partial charge >= 0.3 is 0 Å². The number of hydrogen-bond acceptors (Lipinski definition) is 3. The third kappa shape index (κ3) is 4.18. The van der Waals surface area contributed by atoms with Gasteiger partial charge in [0.1, 0.15) is 5.82 Å². The first-order valence-electron chi connectivity index (χ1n) is 7.92. The zero-order valence-corrected chi connectivity index (χ0v) is 16.2. The van der Waals surface area contributed by atoms with E-state index in [1.807, 2.05) is 6.92 Å². The number of pyridine rings is 1.